The van der Waals surface area contributed by atoms with Crippen LogP contribution in [0.4, 0.5) is 0 Å². The summed E-state index contributed by atoms with van der Waals surface area (Å²) >= 11 is 3.36. The molecule has 1 N–H and O–H groups in total. The average Bonchev–Trinajstić information content (AvgIpc) is 3.23. The number of hydrogen-bond acceptors (Lipinski definition) is 3. The highest BCUT2D eigenvalue weighted by Gasteiger charge is 2.27. The second kappa shape index (κ2) is 4.86. The molecule has 0 amide bonds. The summed E-state index contributed by atoms with van der Waals surface area (Å²) < 4.78 is 2.13. The highest BCUT2D eigenvalue weighted by atomic mass is 79.9. The molecule has 1 saturated carbocycles. The Morgan fingerprint density at radius 2 is 2.05 bits per heavy atom. The molecule has 1 aliphatic rings. The number of aromatic nitrogens is 2. The molecule has 0 aliphatic heterocycles. The Morgan fingerprint density at radius 1 is 1.35 bits per heavy atom. The summed E-state index contributed by atoms with van der Waals surface area (Å²) in [5.74, 6) is -1.09. The molecule has 20 heavy (non-hydrogen) atoms. The number of hydrogen-bond donors (Lipinski definition) is 1. The van der Waals surface area contributed by atoms with Crippen LogP contribution in [-0.4, -0.2) is 20.6 Å². The molecular weight excluding hydrogens is 324 g/mol. The number of benzene rings is 1. The Bertz CT molecular complexity index is 750. The third-order valence-electron chi connectivity index (χ3n) is 3.25. The third-order valence-corrected chi connectivity index (χ3v) is 3.94. The fourth-order valence-electron chi connectivity index (χ4n) is 2.10. The van der Waals surface area contributed by atoms with Crippen LogP contribution >= 0.6 is 15.9 Å². The number of carboxylic acids is 1. The quantitative estimate of drug-likeness (QED) is 0.936. The van der Waals surface area contributed by atoms with E-state index in [9.17, 15) is 14.7 Å². The zero-order chi connectivity index (χ0) is 14.3. The van der Waals surface area contributed by atoms with Crippen LogP contribution in [0.25, 0.3) is 11.3 Å². The zero-order valence-electron chi connectivity index (χ0n) is 10.4. The van der Waals surface area contributed by atoms with Crippen LogP contribution in [0.2, 0.25) is 0 Å². The molecule has 1 aliphatic carbocycles. The van der Waals surface area contributed by atoms with E-state index in [0.29, 0.717) is 10.0 Å². The Labute approximate surface area is 123 Å². The predicted octanol–water partition coefficient (Wildman–Crippen LogP) is 2.71. The van der Waals surface area contributed by atoms with Gasteiger partial charge in [-0.3, -0.25) is 4.57 Å². The van der Waals surface area contributed by atoms with Gasteiger partial charge >= 0.3 is 11.7 Å². The topological polar surface area (TPSA) is 72.2 Å². The van der Waals surface area contributed by atoms with Crippen molar-refractivity contribution in [2.45, 2.75) is 18.9 Å². The fraction of sp³-hybridized carbons (Fsp3) is 0.214. The van der Waals surface area contributed by atoms with Crippen molar-refractivity contribution < 1.29 is 9.90 Å². The van der Waals surface area contributed by atoms with E-state index in [1.54, 1.807) is 18.2 Å². The molecule has 1 heterocycles. The lowest BCUT2D eigenvalue weighted by Gasteiger charge is -2.10. The molecule has 0 unspecified atom stereocenters. The van der Waals surface area contributed by atoms with Crippen LogP contribution in [0.3, 0.4) is 0 Å². The average molecular weight is 335 g/mol. The summed E-state index contributed by atoms with van der Waals surface area (Å²) in [6.07, 6.45) is 3.20. The number of aromatic carboxylic acids is 1. The molecule has 0 spiro atoms. The summed E-state index contributed by atoms with van der Waals surface area (Å²) in [5.41, 5.74) is 0.448. The van der Waals surface area contributed by atoms with Gasteiger partial charge in [-0.2, -0.15) is 4.98 Å². The van der Waals surface area contributed by atoms with Crippen LogP contribution in [-0.2, 0) is 0 Å². The molecule has 3 rings (SSSR count). The van der Waals surface area contributed by atoms with Crippen LogP contribution in [0.15, 0.2) is 39.7 Å². The Hall–Kier alpha value is -1.95. The van der Waals surface area contributed by atoms with Gasteiger partial charge in [0.2, 0.25) is 0 Å². The highest BCUT2D eigenvalue weighted by Crippen LogP contribution is 2.34. The standard InChI is InChI=1S/C14H11BrN2O3/c15-11-4-2-1-3-9(11)12-10(13(18)19)7-17(8-5-6-8)14(20)16-12/h1-4,7-8H,5-6H2,(H,18,19). The smallest absolute Gasteiger partial charge is 0.348 e. The second-order valence-corrected chi connectivity index (χ2v) is 5.56. The normalized spacial score (nSPS) is 14.2. The van der Waals surface area contributed by atoms with Gasteiger partial charge in [0.05, 0.1) is 5.69 Å². The van der Waals surface area contributed by atoms with E-state index in [1.165, 1.54) is 10.8 Å². The third kappa shape index (κ3) is 2.27. The zero-order valence-corrected chi connectivity index (χ0v) is 12.0. The molecule has 2 aromatic rings. The Balaban J connectivity index is 2.25. The van der Waals surface area contributed by atoms with Crippen molar-refractivity contribution in [1.82, 2.24) is 9.55 Å². The predicted molar refractivity (Wildman–Crippen MR) is 76.9 cm³/mol. The maximum Gasteiger partial charge on any atom is 0.348 e. The van der Waals surface area contributed by atoms with Gasteiger partial charge in [-0.15, -0.1) is 0 Å². The van der Waals surface area contributed by atoms with Crippen molar-refractivity contribution >= 4 is 21.9 Å². The van der Waals surface area contributed by atoms with E-state index in [-0.39, 0.29) is 17.3 Å². The highest BCUT2D eigenvalue weighted by molar-refractivity contribution is 9.10. The second-order valence-electron chi connectivity index (χ2n) is 4.71. The first-order valence-electron chi connectivity index (χ1n) is 6.19. The fourth-order valence-corrected chi connectivity index (χ4v) is 2.57. The largest absolute Gasteiger partial charge is 0.478 e. The summed E-state index contributed by atoms with van der Waals surface area (Å²) in [6.45, 7) is 0. The minimum Gasteiger partial charge on any atom is -0.478 e. The van der Waals surface area contributed by atoms with E-state index in [4.69, 9.17) is 0 Å². The lowest BCUT2D eigenvalue weighted by molar-refractivity contribution is 0.0696. The molecule has 0 bridgehead atoms. The molecule has 1 fully saturated rings. The molecule has 0 radical (unpaired) electrons. The van der Waals surface area contributed by atoms with Gasteiger partial charge in [-0.25, -0.2) is 9.59 Å². The minimum atomic E-state index is -1.09. The number of rotatable bonds is 3. The summed E-state index contributed by atoms with van der Waals surface area (Å²) in [4.78, 5) is 27.5. The van der Waals surface area contributed by atoms with Crippen molar-refractivity contribution in [3.63, 3.8) is 0 Å². The Morgan fingerprint density at radius 3 is 2.65 bits per heavy atom. The van der Waals surface area contributed by atoms with Gasteiger partial charge in [-0.05, 0) is 18.9 Å². The SMILES string of the molecule is O=C(O)c1cn(C2CC2)c(=O)nc1-c1ccccc1Br. The monoisotopic (exact) mass is 334 g/mol. The van der Waals surface area contributed by atoms with Crippen molar-refractivity contribution in [2.24, 2.45) is 0 Å². The van der Waals surface area contributed by atoms with Crippen LogP contribution < -0.4 is 5.69 Å². The minimum absolute atomic E-state index is 0.0448. The van der Waals surface area contributed by atoms with E-state index < -0.39 is 11.7 Å². The maximum absolute atomic E-state index is 12.0. The first-order chi connectivity index (χ1) is 9.58. The molecule has 0 saturated heterocycles. The molecular formula is C14H11BrN2O3. The summed E-state index contributed by atoms with van der Waals surface area (Å²) in [7, 11) is 0. The van der Waals surface area contributed by atoms with Crippen molar-refractivity contribution in [3.8, 4) is 11.3 Å². The van der Waals surface area contributed by atoms with E-state index in [0.717, 1.165) is 12.8 Å². The number of nitrogens with zero attached hydrogens (tertiary/aromatic N) is 2. The van der Waals surface area contributed by atoms with Gasteiger partial charge in [0.25, 0.3) is 0 Å². The molecule has 1 aromatic carbocycles. The van der Waals surface area contributed by atoms with Crippen LogP contribution in [0.1, 0.15) is 29.2 Å². The van der Waals surface area contributed by atoms with E-state index >= 15 is 0 Å². The molecule has 102 valence electrons. The van der Waals surface area contributed by atoms with Crippen molar-refractivity contribution in [1.29, 1.82) is 0 Å². The molecule has 5 nitrogen and oxygen atoms in total. The summed E-state index contributed by atoms with van der Waals surface area (Å²) in [5, 5.41) is 9.36. The van der Waals surface area contributed by atoms with E-state index in [2.05, 4.69) is 20.9 Å². The van der Waals surface area contributed by atoms with Gasteiger partial charge in [0, 0.05) is 22.3 Å². The first-order valence-corrected chi connectivity index (χ1v) is 6.98. The van der Waals surface area contributed by atoms with Crippen LogP contribution in [0, 0.1) is 0 Å². The Kier molecular flexibility index (Phi) is 3.17. The van der Waals surface area contributed by atoms with Gasteiger partial charge in [-0.1, -0.05) is 34.1 Å². The van der Waals surface area contributed by atoms with Gasteiger partial charge < -0.3 is 5.11 Å². The number of carbonyl (C=O) groups is 1. The van der Waals surface area contributed by atoms with Crippen molar-refractivity contribution in [3.05, 3.63) is 51.0 Å². The lowest BCUT2D eigenvalue weighted by atomic mass is 10.1. The maximum atomic E-state index is 12.0. The van der Waals surface area contributed by atoms with Crippen molar-refractivity contribution in [2.75, 3.05) is 0 Å². The number of halogens is 1. The molecule has 6 heteroatoms. The molecule has 1 aromatic heterocycles. The van der Waals surface area contributed by atoms with E-state index in [1.807, 2.05) is 6.07 Å². The lowest BCUT2D eigenvalue weighted by Crippen LogP contribution is -2.24. The van der Waals surface area contributed by atoms with Gasteiger partial charge in [0.1, 0.15) is 5.56 Å². The van der Waals surface area contributed by atoms with Gasteiger partial charge in [0.15, 0.2) is 0 Å². The summed E-state index contributed by atoms with van der Waals surface area (Å²) in [6, 6.07) is 7.22. The molecule has 0 atom stereocenters. The first kappa shape index (κ1) is 13.1. The van der Waals surface area contributed by atoms with Crippen LogP contribution in [0.5, 0.6) is 0 Å². The number of carboxylic acid groups (broad SMARTS) is 1.